The maximum Gasteiger partial charge on any atom is 0.246 e. The number of ether oxygens (including phenoxy) is 2. The van der Waals surface area contributed by atoms with Crippen LogP contribution in [0.3, 0.4) is 0 Å². The van der Waals surface area contributed by atoms with Crippen molar-refractivity contribution in [2.24, 2.45) is 4.99 Å². The van der Waals surface area contributed by atoms with Crippen molar-refractivity contribution >= 4 is 17.6 Å². The van der Waals surface area contributed by atoms with Crippen molar-refractivity contribution in [1.82, 2.24) is 20.4 Å². The van der Waals surface area contributed by atoms with Gasteiger partial charge in [-0.3, -0.25) is 4.99 Å². The summed E-state index contributed by atoms with van der Waals surface area (Å²) in [4.78, 5) is 11.1. The van der Waals surface area contributed by atoms with E-state index in [1.54, 1.807) is 7.05 Å². The highest BCUT2D eigenvalue weighted by Gasteiger charge is 2.24. The molecule has 9 heteroatoms. The molecule has 2 aliphatic heterocycles. The van der Waals surface area contributed by atoms with E-state index >= 15 is 0 Å². The summed E-state index contributed by atoms with van der Waals surface area (Å²) in [6.45, 7) is 3.79. The molecule has 0 radical (unpaired) electrons. The van der Waals surface area contributed by atoms with Crippen LogP contribution >= 0.6 is 11.6 Å². The highest BCUT2D eigenvalue weighted by atomic mass is 35.5. The molecule has 2 fully saturated rings. The van der Waals surface area contributed by atoms with Gasteiger partial charge in [0.25, 0.3) is 0 Å². The number of benzene rings is 1. The predicted molar refractivity (Wildman–Crippen MR) is 119 cm³/mol. The topological polar surface area (TPSA) is 85.0 Å². The van der Waals surface area contributed by atoms with Gasteiger partial charge in [-0.05, 0) is 44.2 Å². The smallest absolute Gasteiger partial charge is 0.246 e. The zero-order valence-corrected chi connectivity index (χ0v) is 18.7. The molecule has 168 valence electrons. The molecule has 8 nitrogen and oxygen atoms in total. The molecule has 0 saturated carbocycles. The summed E-state index contributed by atoms with van der Waals surface area (Å²) < 4.78 is 17.3. The lowest BCUT2D eigenvalue weighted by molar-refractivity contribution is -0.0721. The Balaban J connectivity index is 1.22. The second kappa shape index (κ2) is 10.9. The number of nitrogens with zero attached hydrogens (tertiary/aromatic N) is 4. The van der Waals surface area contributed by atoms with Crippen LogP contribution in [0.2, 0.25) is 5.02 Å². The van der Waals surface area contributed by atoms with Gasteiger partial charge in [-0.25, -0.2) is 0 Å². The van der Waals surface area contributed by atoms with Crippen LogP contribution in [-0.4, -0.2) is 66.6 Å². The largest absolute Gasteiger partial charge is 0.376 e. The van der Waals surface area contributed by atoms with Gasteiger partial charge in [-0.2, -0.15) is 4.98 Å². The molecule has 0 spiro atoms. The third-order valence-electron chi connectivity index (χ3n) is 5.69. The fourth-order valence-electron chi connectivity index (χ4n) is 3.97. The number of hydrogen-bond acceptors (Lipinski definition) is 6. The summed E-state index contributed by atoms with van der Waals surface area (Å²) in [5, 5.41) is 8.01. The first-order valence-electron chi connectivity index (χ1n) is 11.0. The second-order valence-corrected chi connectivity index (χ2v) is 8.37. The highest BCUT2D eigenvalue weighted by molar-refractivity contribution is 6.30. The van der Waals surface area contributed by atoms with Crippen molar-refractivity contribution < 1.29 is 14.0 Å². The summed E-state index contributed by atoms with van der Waals surface area (Å²) in [5.41, 5.74) is 0.826. The van der Waals surface area contributed by atoms with Gasteiger partial charge in [0.1, 0.15) is 0 Å². The van der Waals surface area contributed by atoms with Crippen LogP contribution in [0.15, 0.2) is 33.8 Å². The highest BCUT2D eigenvalue weighted by Crippen LogP contribution is 2.20. The Morgan fingerprint density at radius 1 is 1.29 bits per heavy atom. The Bertz CT molecular complexity index is 860. The molecular weight excluding hydrogens is 418 g/mol. The molecule has 1 N–H and O–H groups in total. The standard InChI is InChI=1S/C22H30ClN5O3/c1-24-22(25-14-20-26-21(27-31-20)16-5-4-6-17(23)13-16)28-10-8-18(9-11-28)30-15-19-7-2-3-12-29-19/h4-6,13,18-19H,2-3,7-12,14-15H2,1H3,(H,24,25). The van der Waals surface area contributed by atoms with Crippen molar-refractivity contribution in [2.75, 3.05) is 33.4 Å². The molecule has 2 aromatic rings. The maximum absolute atomic E-state index is 6.11. The van der Waals surface area contributed by atoms with Crippen LogP contribution < -0.4 is 5.32 Å². The molecule has 1 aromatic heterocycles. The first-order valence-corrected chi connectivity index (χ1v) is 11.4. The quantitative estimate of drug-likeness (QED) is 0.535. The number of rotatable bonds is 6. The van der Waals surface area contributed by atoms with Crippen LogP contribution in [-0.2, 0) is 16.0 Å². The van der Waals surface area contributed by atoms with Crippen molar-refractivity contribution in [2.45, 2.75) is 50.9 Å². The number of guanidine groups is 1. The van der Waals surface area contributed by atoms with Gasteiger partial charge in [0, 0.05) is 37.3 Å². The van der Waals surface area contributed by atoms with E-state index in [-0.39, 0.29) is 12.2 Å². The first kappa shape index (κ1) is 22.0. The molecule has 3 heterocycles. The van der Waals surface area contributed by atoms with Gasteiger partial charge in [-0.1, -0.05) is 28.9 Å². The lowest BCUT2D eigenvalue weighted by atomic mass is 10.1. The molecule has 0 amide bonds. The number of aromatic nitrogens is 2. The van der Waals surface area contributed by atoms with E-state index in [9.17, 15) is 0 Å². The van der Waals surface area contributed by atoms with E-state index in [0.29, 0.717) is 29.9 Å². The number of hydrogen-bond donors (Lipinski definition) is 1. The summed E-state index contributed by atoms with van der Waals surface area (Å²) in [5.74, 6) is 1.85. The fourth-order valence-corrected chi connectivity index (χ4v) is 4.17. The molecule has 1 aromatic carbocycles. The summed E-state index contributed by atoms with van der Waals surface area (Å²) in [7, 11) is 1.79. The Kier molecular flexibility index (Phi) is 7.77. The molecule has 4 rings (SSSR count). The molecule has 1 unspecified atom stereocenters. The SMILES string of the molecule is CN=C(NCc1nc(-c2cccc(Cl)c2)no1)N1CCC(OCC2CCCCO2)CC1. The van der Waals surface area contributed by atoms with Crippen LogP contribution in [0, 0.1) is 0 Å². The van der Waals surface area contributed by atoms with Crippen molar-refractivity contribution in [1.29, 1.82) is 0 Å². The zero-order valence-electron chi connectivity index (χ0n) is 17.9. The lowest BCUT2D eigenvalue weighted by Crippen LogP contribution is -2.47. The molecule has 0 aliphatic carbocycles. The van der Waals surface area contributed by atoms with Crippen molar-refractivity contribution in [3.8, 4) is 11.4 Å². The van der Waals surface area contributed by atoms with E-state index in [1.807, 2.05) is 24.3 Å². The minimum atomic E-state index is 0.271. The Labute approximate surface area is 188 Å². The molecule has 2 aliphatic rings. The van der Waals surface area contributed by atoms with Crippen LogP contribution in [0.5, 0.6) is 0 Å². The van der Waals surface area contributed by atoms with Gasteiger partial charge >= 0.3 is 0 Å². The van der Waals surface area contributed by atoms with Gasteiger partial charge in [0.15, 0.2) is 5.96 Å². The Morgan fingerprint density at radius 2 is 2.16 bits per heavy atom. The number of halogens is 1. The van der Waals surface area contributed by atoms with Crippen molar-refractivity contribution in [3.63, 3.8) is 0 Å². The Hall–Kier alpha value is -2.16. The van der Waals surface area contributed by atoms with Gasteiger partial charge < -0.3 is 24.2 Å². The molecule has 1 atom stereocenters. The lowest BCUT2D eigenvalue weighted by Gasteiger charge is -2.34. The van der Waals surface area contributed by atoms with Crippen molar-refractivity contribution in [3.05, 3.63) is 35.2 Å². The molecular formula is C22H30ClN5O3. The van der Waals surface area contributed by atoms with Crippen LogP contribution in [0.1, 0.15) is 38.0 Å². The number of nitrogens with one attached hydrogen (secondary N) is 1. The summed E-state index contributed by atoms with van der Waals surface area (Å²) in [6, 6.07) is 7.40. The minimum absolute atomic E-state index is 0.271. The third kappa shape index (κ3) is 6.18. The zero-order chi connectivity index (χ0) is 21.5. The predicted octanol–water partition coefficient (Wildman–Crippen LogP) is 3.52. The fraction of sp³-hybridized carbons (Fsp3) is 0.591. The average molecular weight is 448 g/mol. The maximum atomic E-state index is 6.11. The van der Waals surface area contributed by atoms with E-state index in [1.165, 1.54) is 12.8 Å². The van der Waals surface area contributed by atoms with Gasteiger partial charge in [0.05, 0.1) is 25.4 Å². The Morgan fingerprint density at radius 3 is 2.90 bits per heavy atom. The van der Waals surface area contributed by atoms with Crippen LogP contribution in [0.4, 0.5) is 0 Å². The van der Waals surface area contributed by atoms with Crippen LogP contribution in [0.25, 0.3) is 11.4 Å². The monoisotopic (exact) mass is 447 g/mol. The number of aliphatic imine (C=N–C) groups is 1. The van der Waals surface area contributed by atoms with Gasteiger partial charge in [0.2, 0.25) is 11.7 Å². The summed E-state index contributed by atoms with van der Waals surface area (Å²) in [6.07, 6.45) is 6.05. The first-order chi connectivity index (χ1) is 15.2. The molecule has 2 saturated heterocycles. The number of likely N-dealkylation sites (tertiary alicyclic amines) is 1. The second-order valence-electron chi connectivity index (χ2n) is 7.93. The molecule has 31 heavy (non-hydrogen) atoms. The molecule has 0 bridgehead atoms. The summed E-state index contributed by atoms with van der Waals surface area (Å²) >= 11 is 6.04. The van der Waals surface area contributed by atoms with Gasteiger partial charge in [-0.15, -0.1) is 0 Å². The average Bonchev–Trinajstić information content (AvgIpc) is 3.29. The number of piperidine rings is 1. The third-order valence-corrected chi connectivity index (χ3v) is 5.93. The van der Waals surface area contributed by atoms with E-state index in [2.05, 4.69) is 25.3 Å². The van der Waals surface area contributed by atoms with E-state index in [4.69, 9.17) is 25.6 Å². The van der Waals surface area contributed by atoms with E-state index in [0.717, 1.165) is 50.5 Å². The normalized spacial score (nSPS) is 20.8. The van der Waals surface area contributed by atoms with E-state index < -0.39 is 0 Å². The minimum Gasteiger partial charge on any atom is -0.376 e.